The van der Waals surface area contributed by atoms with Crippen LogP contribution in [0.15, 0.2) is 30.1 Å². The third-order valence-electron chi connectivity index (χ3n) is 2.13. The Morgan fingerprint density at radius 1 is 1.33 bits per heavy atom. The largest absolute Gasteiger partial charge is 0.383 e. The van der Waals surface area contributed by atoms with Gasteiger partial charge >= 0.3 is 0 Å². The summed E-state index contributed by atoms with van der Waals surface area (Å²) in [6.45, 7) is 0. The van der Waals surface area contributed by atoms with E-state index in [-0.39, 0.29) is 5.78 Å². The van der Waals surface area contributed by atoms with E-state index in [1.165, 1.54) is 0 Å². The highest BCUT2D eigenvalue weighted by Gasteiger charge is 2.08. The van der Waals surface area contributed by atoms with Crippen LogP contribution >= 0.6 is 0 Å². The normalized spacial score (nSPS) is 16.7. The fraction of sp³-hybridized carbons (Fsp3) is 0.167. The minimum absolute atomic E-state index is 0.0317. The molecule has 0 saturated heterocycles. The second kappa shape index (κ2) is 3.69. The van der Waals surface area contributed by atoms with Crippen LogP contribution < -0.4 is 10.6 Å². The van der Waals surface area contributed by atoms with E-state index >= 15 is 0 Å². The second-order valence-electron chi connectivity index (χ2n) is 3.68. The summed E-state index contributed by atoms with van der Waals surface area (Å²) in [6.07, 6.45) is 6.97. The van der Waals surface area contributed by atoms with Crippen molar-refractivity contribution in [3.05, 3.63) is 40.7 Å². The summed E-state index contributed by atoms with van der Waals surface area (Å²) in [7, 11) is 3.78. The molecule has 1 aromatic heterocycles. The molecule has 0 atom stereocenters. The van der Waals surface area contributed by atoms with Crippen molar-refractivity contribution in [2.75, 3.05) is 14.1 Å². The van der Waals surface area contributed by atoms with Crippen LogP contribution in [-0.2, 0) is 4.79 Å². The maximum Gasteiger partial charge on any atom is 0.188 e. The highest BCUT2D eigenvalue weighted by atomic mass is 16.1. The summed E-state index contributed by atoms with van der Waals surface area (Å²) in [5.74, 6) is 0.0317. The number of carbonyl (C=O) groups excluding carboxylic acids is 1. The van der Waals surface area contributed by atoms with Crippen LogP contribution in [-0.4, -0.2) is 29.8 Å². The van der Waals surface area contributed by atoms with Crippen molar-refractivity contribution >= 4 is 17.9 Å². The topological polar surface area (TPSA) is 33.2 Å². The van der Waals surface area contributed by atoms with Crippen molar-refractivity contribution in [1.82, 2.24) is 9.88 Å². The molecule has 0 saturated carbocycles. The molecule has 1 aliphatic rings. The standard InChI is InChI=1S/C12H12N2O/c1-14(2)8-10-6-11-9(7-12(10)15)4-3-5-13-11/h3-8H,1-2H3/b10-8-. The molecule has 76 valence electrons. The number of nitrogens with zero attached hydrogens (tertiary/aromatic N) is 2. The van der Waals surface area contributed by atoms with Crippen molar-refractivity contribution in [3.8, 4) is 0 Å². The Bertz CT molecular complexity index is 541. The summed E-state index contributed by atoms with van der Waals surface area (Å²) in [5.41, 5.74) is 0.672. The van der Waals surface area contributed by atoms with Crippen molar-refractivity contribution in [1.29, 1.82) is 0 Å². The molecule has 3 heteroatoms. The Labute approximate surface area is 88.1 Å². The number of ketones is 1. The summed E-state index contributed by atoms with van der Waals surface area (Å²) in [5, 5.41) is 1.74. The van der Waals surface area contributed by atoms with Crippen LogP contribution in [0.25, 0.3) is 12.2 Å². The second-order valence-corrected chi connectivity index (χ2v) is 3.68. The molecule has 0 fully saturated rings. The Hall–Kier alpha value is -1.90. The van der Waals surface area contributed by atoms with Gasteiger partial charge in [0.1, 0.15) is 0 Å². The molecule has 0 bridgehead atoms. The first-order valence-electron chi connectivity index (χ1n) is 4.74. The Morgan fingerprint density at radius 3 is 2.87 bits per heavy atom. The van der Waals surface area contributed by atoms with Crippen LogP contribution in [0, 0.1) is 0 Å². The van der Waals surface area contributed by atoms with E-state index < -0.39 is 0 Å². The van der Waals surface area contributed by atoms with Gasteiger partial charge in [0, 0.05) is 37.3 Å². The number of carbonyl (C=O) groups is 1. The van der Waals surface area contributed by atoms with Crippen LogP contribution in [0.2, 0.25) is 0 Å². The molecule has 1 heterocycles. The molecule has 1 aliphatic carbocycles. The van der Waals surface area contributed by atoms with Gasteiger partial charge < -0.3 is 4.90 Å². The van der Waals surface area contributed by atoms with E-state index in [0.29, 0.717) is 5.57 Å². The zero-order chi connectivity index (χ0) is 10.8. The molecule has 0 amide bonds. The average Bonchev–Trinajstić information content (AvgIpc) is 2.18. The SMILES string of the molecule is CN(C)/C=C1/C=c2ncccc2=CC1=O. The first-order chi connectivity index (χ1) is 7.16. The number of hydrogen-bond donors (Lipinski definition) is 0. The zero-order valence-corrected chi connectivity index (χ0v) is 8.77. The fourth-order valence-electron chi connectivity index (χ4n) is 1.49. The van der Waals surface area contributed by atoms with Crippen LogP contribution in [0.5, 0.6) is 0 Å². The molecule has 0 spiro atoms. The number of allylic oxidation sites excluding steroid dienone is 1. The van der Waals surface area contributed by atoms with E-state index in [1.54, 1.807) is 18.5 Å². The first-order valence-corrected chi connectivity index (χ1v) is 4.74. The van der Waals surface area contributed by atoms with Crippen LogP contribution in [0.1, 0.15) is 0 Å². The average molecular weight is 200 g/mol. The third kappa shape index (κ3) is 1.96. The van der Waals surface area contributed by atoms with Gasteiger partial charge in [0.2, 0.25) is 0 Å². The highest BCUT2D eigenvalue weighted by molar-refractivity contribution is 6.22. The fourth-order valence-corrected chi connectivity index (χ4v) is 1.49. The molecule has 0 aromatic carbocycles. The lowest BCUT2D eigenvalue weighted by Gasteiger charge is -2.08. The molecule has 2 rings (SSSR count). The summed E-state index contributed by atoms with van der Waals surface area (Å²) < 4.78 is 0. The molecule has 15 heavy (non-hydrogen) atoms. The number of hydrogen-bond acceptors (Lipinski definition) is 3. The van der Waals surface area contributed by atoms with Gasteiger partial charge in [0.15, 0.2) is 5.78 Å². The van der Waals surface area contributed by atoms with Gasteiger partial charge in [-0.1, -0.05) is 6.07 Å². The molecular formula is C12H12N2O. The Balaban J connectivity index is 2.62. The van der Waals surface area contributed by atoms with E-state index in [1.807, 2.05) is 37.2 Å². The quantitative estimate of drug-likeness (QED) is 0.582. The highest BCUT2D eigenvalue weighted by Crippen LogP contribution is 2.02. The van der Waals surface area contributed by atoms with Crippen molar-refractivity contribution < 1.29 is 4.79 Å². The molecule has 1 aromatic rings. The van der Waals surface area contributed by atoms with Crippen LogP contribution in [0.3, 0.4) is 0 Å². The van der Waals surface area contributed by atoms with Gasteiger partial charge in [-0.2, -0.15) is 0 Å². The first kappa shape index (κ1) is 9.65. The van der Waals surface area contributed by atoms with Gasteiger partial charge in [-0.3, -0.25) is 9.78 Å². The number of aromatic nitrogens is 1. The lowest BCUT2D eigenvalue weighted by atomic mass is 10.1. The maximum absolute atomic E-state index is 11.7. The number of rotatable bonds is 1. The maximum atomic E-state index is 11.7. The molecule has 3 nitrogen and oxygen atoms in total. The van der Waals surface area contributed by atoms with Gasteiger partial charge in [-0.15, -0.1) is 0 Å². The third-order valence-corrected chi connectivity index (χ3v) is 2.13. The van der Waals surface area contributed by atoms with Crippen molar-refractivity contribution in [3.63, 3.8) is 0 Å². The lowest BCUT2D eigenvalue weighted by molar-refractivity contribution is -0.109. The molecule has 0 N–H and O–H groups in total. The molecular weight excluding hydrogens is 188 g/mol. The summed E-state index contributed by atoms with van der Waals surface area (Å²) >= 11 is 0. The van der Waals surface area contributed by atoms with Crippen molar-refractivity contribution in [2.45, 2.75) is 0 Å². The summed E-state index contributed by atoms with van der Waals surface area (Å²) in [6, 6.07) is 3.72. The van der Waals surface area contributed by atoms with Gasteiger partial charge in [0.05, 0.1) is 5.35 Å². The lowest BCUT2D eigenvalue weighted by Crippen LogP contribution is -2.32. The van der Waals surface area contributed by atoms with E-state index in [2.05, 4.69) is 4.98 Å². The molecule has 0 radical (unpaired) electrons. The molecule has 0 aliphatic heterocycles. The predicted molar refractivity (Wildman–Crippen MR) is 59.2 cm³/mol. The van der Waals surface area contributed by atoms with Gasteiger partial charge in [0.25, 0.3) is 0 Å². The van der Waals surface area contributed by atoms with Crippen molar-refractivity contribution in [2.24, 2.45) is 0 Å². The minimum Gasteiger partial charge on any atom is -0.383 e. The zero-order valence-electron chi connectivity index (χ0n) is 8.77. The number of pyridine rings is 1. The van der Waals surface area contributed by atoms with Gasteiger partial charge in [-0.25, -0.2) is 0 Å². The van der Waals surface area contributed by atoms with Gasteiger partial charge in [-0.05, 0) is 18.2 Å². The van der Waals surface area contributed by atoms with E-state index in [4.69, 9.17) is 0 Å². The predicted octanol–water partition coefficient (Wildman–Crippen LogP) is -0.329. The Morgan fingerprint density at radius 2 is 2.13 bits per heavy atom. The monoisotopic (exact) mass is 200 g/mol. The van der Waals surface area contributed by atoms with E-state index in [9.17, 15) is 4.79 Å². The van der Waals surface area contributed by atoms with E-state index in [0.717, 1.165) is 10.6 Å². The smallest absolute Gasteiger partial charge is 0.188 e. The minimum atomic E-state index is 0.0317. The number of fused-ring (bicyclic) bond motifs is 1. The number of Topliss-reactive ketones (excluding diaryl/α,β-unsaturated/α-hetero) is 1. The summed E-state index contributed by atoms with van der Waals surface area (Å²) in [4.78, 5) is 17.7. The molecule has 0 unspecified atom stereocenters. The van der Waals surface area contributed by atoms with Crippen LogP contribution in [0.4, 0.5) is 0 Å². The Kier molecular flexibility index (Phi) is 2.37.